The number of hydrogen-bond donors (Lipinski definition) is 1. The van der Waals surface area contributed by atoms with Gasteiger partial charge in [0, 0.05) is 0 Å². The number of carboxylic acid groups (broad SMARTS) is 1. The Morgan fingerprint density at radius 2 is 1.75 bits per heavy atom. The second-order valence-corrected chi connectivity index (χ2v) is 2.19. The van der Waals surface area contributed by atoms with Crippen LogP contribution >= 0.6 is 7.60 Å². The molecule has 1 atom stereocenters. The van der Waals surface area contributed by atoms with Gasteiger partial charge < -0.3 is 24.3 Å². The first-order valence-electron chi connectivity index (χ1n) is 1.20. The van der Waals surface area contributed by atoms with E-state index in [4.69, 9.17) is 14.8 Å². The van der Waals surface area contributed by atoms with Crippen molar-refractivity contribution in [1.82, 2.24) is 0 Å². The first-order valence-corrected chi connectivity index (χ1v) is 2.77. The fraction of sp³-hybridized carbons (Fsp3) is 0. The Hall–Kier alpha value is 0.243. The van der Waals surface area contributed by atoms with E-state index in [1.807, 2.05) is 0 Å². The molecule has 0 aromatic rings. The quantitative estimate of drug-likeness (QED) is 0.375. The third kappa shape index (κ3) is 4.40. The Bertz CT molecular complexity index is 124. The van der Waals surface area contributed by atoms with Crippen LogP contribution in [-0.4, -0.2) is 10.6 Å². The van der Waals surface area contributed by atoms with Crippen LogP contribution in [0.3, 0.4) is 0 Å². The third-order valence-corrected chi connectivity index (χ3v) is 0.692. The van der Waals surface area contributed by atoms with E-state index in [-0.39, 0.29) is 19.5 Å². The first kappa shape index (κ1) is 11.1. The van der Waals surface area contributed by atoms with Crippen LogP contribution in [0.1, 0.15) is 0 Å². The van der Waals surface area contributed by atoms with Crippen molar-refractivity contribution in [2.45, 2.75) is 0 Å². The molecule has 0 aliphatic carbocycles. The molecule has 8 heavy (non-hydrogen) atoms. The molecule has 0 saturated carbocycles. The fourth-order valence-electron chi connectivity index (χ4n) is 0. The molecule has 0 spiro atoms. The van der Waals surface area contributed by atoms with Crippen molar-refractivity contribution in [3.63, 3.8) is 0 Å². The largest absolute Gasteiger partial charge is 2.00 e. The summed E-state index contributed by atoms with van der Waals surface area (Å²) in [6.45, 7) is 0. The summed E-state index contributed by atoms with van der Waals surface area (Å²) in [6.07, 6.45) is 0. The summed E-state index contributed by atoms with van der Waals surface area (Å²) >= 11 is 0. The maximum atomic E-state index is 9.25. The smallest absolute Gasteiger partial charge is 0.774 e. The monoisotopic (exact) mass is 188 g/mol. The maximum Gasteiger partial charge on any atom is 2.00 e. The second-order valence-electron chi connectivity index (χ2n) is 0.786. The standard InChI is InChI=1S/CH3O5P.Zn/c2-1(3)7(4,5)6;/h(H,2,3)(H2,4,5,6);/q;+2/p-2. The van der Waals surface area contributed by atoms with Gasteiger partial charge in [-0.15, -0.1) is 0 Å². The third-order valence-electron chi connectivity index (χ3n) is 0.231. The number of carbonyl (C=O) groups is 1. The molecule has 0 rings (SSSR count). The van der Waals surface area contributed by atoms with Crippen molar-refractivity contribution >= 4 is 13.3 Å². The van der Waals surface area contributed by atoms with Crippen molar-refractivity contribution in [2.75, 3.05) is 0 Å². The molecule has 0 aromatic carbocycles. The van der Waals surface area contributed by atoms with Gasteiger partial charge in [0.15, 0.2) is 7.60 Å². The van der Waals surface area contributed by atoms with Crippen LogP contribution in [-0.2, 0) is 24.0 Å². The zero-order chi connectivity index (χ0) is 6.08. The average molecular weight is 189 g/mol. The van der Waals surface area contributed by atoms with E-state index in [0.717, 1.165) is 0 Å². The predicted octanol–water partition coefficient (Wildman–Crippen LogP) is -2.13. The Kier molecular flexibility index (Phi) is 4.58. The fourth-order valence-corrected chi connectivity index (χ4v) is 0. The van der Waals surface area contributed by atoms with E-state index < -0.39 is 13.3 Å². The summed E-state index contributed by atoms with van der Waals surface area (Å²) < 4.78 is 9.25. The molecule has 7 heteroatoms. The zero-order valence-electron chi connectivity index (χ0n) is 3.73. The molecule has 0 amide bonds. The van der Waals surface area contributed by atoms with Gasteiger partial charge in [-0.25, -0.2) is 0 Å². The van der Waals surface area contributed by atoms with Crippen molar-refractivity contribution in [3.05, 3.63) is 0 Å². The summed E-state index contributed by atoms with van der Waals surface area (Å²) in [4.78, 5) is 25.8. The number of hydrogen-bond acceptors (Lipinski definition) is 4. The summed E-state index contributed by atoms with van der Waals surface area (Å²) in [5.41, 5.74) is -2.45. The molecule has 0 aliphatic heterocycles. The van der Waals surface area contributed by atoms with Gasteiger partial charge in [0.1, 0.15) is 5.71 Å². The Balaban J connectivity index is 0. The van der Waals surface area contributed by atoms with Gasteiger partial charge >= 0.3 is 19.5 Å². The van der Waals surface area contributed by atoms with E-state index in [0.29, 0.717) is 0 Å². The molecule has 0 heterocycles. The van der Waals surface area contributed by atoms with Crippen LogP contribution in [0.5, 0.6) is 0 Å². The molecule has 0 aromatic heterocycles. The molecule has 5 nitrogen and oxygen atoms in total. The van der Waals surface area contributed by atoms with Gasteiger partial charge in [-0.3, -0.25) is 0 Å². The van der Waals surface area contributed by atoms with Gasteiger partial charge in [-0.1, -0.05) is 0 Å². The Morgan fingerprint density at radius 1 is 1.62 bits per heavy atom. The average Bonchev–Trinajstić information content (AvgIpc) is 1.31. The van der Waals surface area contributed by atoms with Crippen molar-refractivity contribution in [3.8, 4) is 0 Å². The van der Waals surface area contributed by atoms with Gasteiger partial charge in [0.2, 0.25) is 0 Å². The normalized spacial score (nSPS) is 15.8. The van der Waals surface area contributed by atoms with E-state index in [1.165, 1.54) is 0 Å². The summed E-state index contributed by atoms with van der Waals surface area (Å²) in [7, 11) is -5.18. The van der Waals surface area contributed by atoms with Gasteiger partial charge in [-0.05, 0) is 0 Å². The van der Waals surface area contributed by atoms with Crippen LogP contribution in [0.2, 0.25) is 0 Å². The molecule has 1 unspecified atom stereocenters. The molecule has 0 fully saturated rings. The van der Waals surface area contributed by atoms with Crippen LogP contribution in [0, 0.1) is 0 Å². The molecule has 0 bridgehead atoms. The van der Waals surface area contributed by atoms with E-state index in [2.05, 4.69) is 0 Å². The maximum absolute atomic E-state index is 9.25. The summed E-state index contributed by atoms with van der Waals surface area (Å²) in [5, 5.41) is 9.08. The Labute approximate surface area is 57.6 Å². The minimum atomic E-state index is -5.18. The molecular weight excluding hydrogens is 188 g/mol. The SMILES string of the molecule is O=C([O-])P(=O)([O-])O.[Zn+2]. The second kappa shape index (κ2) is 3.30. The topological polar surface area (TPSA) is 100 Å². The molecule has 42 valence electrons. The van der Waals surface area contributed by atoms with Crippen molar-refractivity contribution < 1.29 is 43.7 Å². The van der Waals surface area contributed by atoms with Crippen molar-refractivity contribution in [1.29, 1.82) is 0 Å². The molecule has 0 saturated heterocycles. The van der Waals surface area contributed by atoms with E-state index >= 15 is 0 Å². The zero-order valence-corrected chi connectivity index (χ0v) is 7.60. The van der Waals surface area contributed by atoms with Gasteiger partial charge in [0.25, 0.3) is 0 Å². The summed E-state index contributed by atoms with van der Waals surface area (Å²) in [6, 6.07) is 0. The van der Waals surface area contributed by atoms with Crippen LogP contribution < -0.4 is 10.00 Å². The van der Waals surface area contributed by atoms with Crippen LogP contribution in [0.4, 0.5) is 4.79 Å². The summed E-state index contributed by atoms with van der Waals surface area (Å²) in [5.74, 6) is 0. The van der Waals surface area contributed by atoms with E-state index in [9.17, 15) is 9.46 Å². The minimum absolute atomic E-state index is 0. The number of carbonyl (C=O) groups excluding carboxylic acids is 1. The number of rotatable bonds is 1. The molecule has 0 radical (unpaired) electrons. The van der Waals surface area contributed by atoms with Crippen LogP contribution in [0.25, 0.3) is 0 Å². The Morgan fingerprint density at radius 3 is 1.75 bits per heavy atom. The predicted molar refractivity (Wildman–Crippen MR) is 15.2 cm³/mol. The van der Waals surface area contributed by atoms with Gasteiger partial charge in [-0.2, -0.15) is 0 Å². The molecular formula is CHO5PZn. The van der Waals surface area contributed by atoms with E-state index in [1.54, 1.807) is 0 Å². The molecule has 0 aliphatic rings. The van der Waals surface area contributed by atoms with Crippen molar-refractivity contribution in [2.24, 2.45) is 0 Å². The molecule has 1 N–H and O–H groups in total. The van der Waals surface area contributed by atoms with Gasteiger partial charge in [0.05, 0.1) is 0 Å². The van der Waals surface area contributed by atoms with Crippen LogP contribution in [0.15, 0.2) is 0 Å². The first-order chi connectivity index (χ1) is 2.94. The minimum Gasteiger partial charge on any atom is -0.774 e.